The number of rotatable bonds is 11. The van der Waals surface area contributed by atoms with Crippen molar-refractivity contribution < 1.29 is 19.1 Å². The molecule has 0 atom stereocenters. The molecule has 38 heavy (non-hydrogen) atoms. The predicted octanol–water partition coefficient (Wildman–Crippen LogP) is 5.95. The number of thioether (sulfide) groups is 1. The SMILES string of the molecule is CCCC(=O)Nc1cccc(SCC(=O)Nc2sc3c(c2C(=O)OCC)CCN(Cc2ccccc2)C3)c1. The summed E-state index contributed by atoms with van der Waals surface area (Å²) in [7, 11) is 0. The Balaban J connectivity index is 1.43. The van der Waals surface area contributed by atoms with Crippen molar-refractivity contribution in [2.75, 3.05) is 29.5 Å². The Morgan fingerprint density at radius 2 is 1.84 bits per heavy atom. The first-order chi connectivity index (χ1) is 18.5. The van der Waals surface area contributed by atoms with Crippen molar-refractivity contribution in [3.8, 4) is 0 Å². The number of carbonyl (C=O) groups excluding carboxylic acids is 3. The summed E-state index contributed by atoms with van der Waals surface area (Å²) in [6.45, 7) is 6.41. The molecule has 2 amide bonds. The van der Waals surface area contributed by atoms with E-state index in [9.17, 15) is 14.4 Å². The number of carbonyl (C=O) groups is 3. The molecule has 0 bridgehead atoms. The summed E-state index contributed by atoms with van der Waals surface area (Å²) in [6.07, 6.45) is 1.98. The van der Waals surface area contributed by atoms with E-state index in [2.05, 4.69) is 27.7 Å². The van der Waals surface area contributed by atoms with Gasteiger partial charge in [-0.3, -0.25) is 14.5 Å². The normalized spacial score (nSPS) is 13.0. The molecule has 1 aliphatic rings. The van der Waals surface area contributed by atoms with E-state index in [0.29, 0.717) is 22.7 Å². The maximum Gasteiger partial charge on any atom is 0.341 e. The van der Waals surface area contributed by atoms with Crippen LogP contribution in [-0.4, -0.2) is 41.6 Å². The highest BCUT2D eigenvalue weighted by atomic mass is 32.2. The third-order valence-electron chi connectivity index (χ3n) is 6.08. The lowest BCUT2D eigenvalue weighted by atomic mass is 10.0. The van der Waals surface area contributed by atoms with Crippen LogP contribution in [-0.2, 0) is 33.8 Å². The second-order valence-corrected chi connectivity index (χ2v) is 11.2. The Bertz CT molecular complexity index is 1280. The van der Waals surface area contributed by atoms with Crippen LogP contribution in [0.5, 0.6) is 0 Å². The van der Waals surface area contributed by atoms with Crippen molar-refractivity contribution in [3.63, 3.8) is 0 Å². The smallest absolute Gasteiger partial charge is 0.341 e. The molecule has 0 spiro atoms. The third kappa shape index (κ3) is 7.46. The van der Waals surface area contributed by atoms with Gasteiger partial charge < -0.3 is 15.4 Å². The summed E-state index contributed by atoms with van der Waals surface area (Å²) in [4.78, 5) is 42.0. The highest BCUT2D eigenvalue weighted by molar-refractivity contribution is 8.00. The Kier molecular flexibility index (Phi) is 9.98. The van der Waals surface area contributed by atoms with Gasteiger partial charge in [0.1, 0.15) is 5.00 Å². The third-order valence-corrected chi connectivity index (χ3v) is 8.21. The first-order valence-electron chi connectivity index (χ1n) is 12.9. The minimum absolute atomic E-state index is 0.0251. The number of ether oxygens (including phenoxy) is 1. The van der Waals surface area contributed by atoms with Crippen LogP contribution >= 0.6 is 23.1 Å². The fourth-order valence-electron chi connectivity index (χ4n) is 4.37. The standard InChI is InChI=1S/C29H33N3O4S2/c1-3-9-25(33)30-21-12-8-13-22(16-21)37-19-26(34)31-28-27(29(35)36-4-2)23-14-15-32(18-24(23)38-28)17-20-10-6-5-7-11-20/h5-8,10-13,16H,3-4,9,14-15,17-19H2,1-2H3,(H,30,33)(H,31,34). The zero-order valence-corrected chi connectivity index (χ0v) is 23.4. The number of benzene rings is 2. The molecular formula is C29H33N3O4S2. The lowest BCUT2D eigenvalue weighted by molar-refractivity contribution is -0.116. The van der Waals surface area contributed by atoms with Crippen LogP contribution in [0.4, 0.5) is 10.7 Å². The van der Waals surface area contributed by atoms with E-state index in [-0.39, 0.29) is 30.1 Å². The molecule has 0 aliphatic carbocycles. The molecular weight excluding hydrogens is 518 g/mol. The Morgan fingerprint density at radius 1 is 1.03 bits per heavy atom. The molecule has 2 aromatic carbocycles. The van der Waals surface area contributed by atoms with Gasteiger partial charge in [0.2, 0.25) is 11.8 Å². The van der Waals surface area contributed by atoms with E-state index in [1.807, 2.05) is 49.4 Å². The van der Waals surface area contributed by atoms with E-state index >= 15 is 0 Å². The first-order valence-corrected chi connectivity index (χ1v) is 14.7. The van der Waals surface area contributed by atoms with E-state index in [1.165, 1.54) is 28.7 Å². The fourth-order valence-corrected chi connectivity index (χ4v) is 6.42. The van der Waals surface area contributed by atoms with Gasteiger partial charge in [-0.25, -0.2) is 4.79 Å². The van der Waals surface area contributed by atoms with E-state index in [1.54, 1.807) is 6.92 Å². The summed E-state index contributed by atoms with van der Waals surface area (Å²) in [5.41, 5.74) is 3.43. The summed E-state index contributed by atoms with van der Waals surface area (Å²) >= 11 is 2.84. The maximum atomic E-state index is 12.9. The molecule has 0 fully saturated rings. The van der Waals surface area contributed by atoms with Crippen LogP contribution < -0.4 is 10.6 Å². The van der Waals surface area contributed by atoms with Gasteiger partial charge in [-0.05, 0) is 49.1 Å². The number of fused-ring (bicyclic) bond motifs is 1. The average Bonchev–Trinajstić information content (AvgIpc) is 3.25. The quantitative estimate of drug-likeness (QED) is 0.226. The second kappa shape index (κ2) is 13.6. The zero-order valence-electron chi connectivity index (χ0n) is 21.7. The number of anilines is 2. The van der Waals surface area contributed by atoms with Gasteiger partial charge in [-0.2, -0.15) is 0 Å². The number of thiophene rings is 1. The molecule has 4 rings (SSSR count). The highest BCUT2D eigenvalue weighted by Gasteiger charge is 2.29. The molecule has 9 heteroatoms. The van der Waals surface area contributed by atoms with Crippen molar-refractivity contribution >= 4 is 51.6 Å². The minimum atomic E-state index is -0.389. The summed E-state index contributed by atoms with van der Waals surface area (Å²) < 4.78 is 5.35. The number of amides is 2. The van der Waals surface area contributed by atoms with E-state index < -0.39 is 0 Å². The van der Waals surface area contributed by atoms with E-state index in [4.69, 9.17) is 4.74 Å². The molecule has 3 aromatic rings. The summed E-state index contributed by atoms with van der Waals surface area (Å²) in [6, 6.07) is 17.8. The fraction of sp³-hybridized carbons (Fsp3) is 0.345. The van der Waals surface area contributed by atoms with Gasteiger partial charge >= 0.3 is 5.97 Å². The van der Waals surface area contributed by atoms with Crippen molar-refractivity contribution in [1.29, 1.82) is 0 Å². The second-order valence-electron chi connectivity index (χ2n) is 9.04. The molecule has 1 aromatic heterocycles. The predicted molar refractivity (Wildman–Crippen MR) is 154 cm³/mol. The number of hydrogen-bond donors (Lipinski definition) is 2. The summed E-state index contributed by atoms with van der Waals surface area (Å²) in [5.74, 6) is -0.430. The zero-order chi connectivity index (χ0) is 26.9. The number of nitrogens with one attached hydrogen (secondary N) is 2. The molecule has 7 nitrogen and oxygen atoms in total. The topological polar surface area (TPSA) is 87.7 Å². The number of nitrogens with zero attached hydrogens (tertiary/aromatic N) is 1. The molecule has 1 aliphatic heterocycles. The van der Waals surface area contributed by atoms with Gasteiger partial charge in [0.05, 0.1) is 17.9 Å². The van der Waals surface area contributed by atoms with Crippen LogP contribution in [0.3, 0.4) is 0 Å². The van der Waals surface area contributed by atoms with Crippen molar-refractivity contribution in [3.05, 3.63) is 76.2 Å². The van der Waals surface area contributed by atoms with Crippen LogP contribution in [0, 0.1) is 0 Å². The number of esters is 1. The average molecular weight is 552 g/mol. The molecule has 2 N–H and O–H groups in total. The van der Waals surface area contributed by atoms with Gasteiger partial charge in [-0.15, -0.1) is 23.1 Å². The van der Waals surface area contributed by atoms with Crippen molar-refractivity contribution in [1.82, 2.24) is 4.90 Å². The Morgan fingerprint density at radius 3 is 2.61 bits per heavy atom. The molecule has 0 unspecified atom stereocenters. The minimum Gasteiger partial charge on any atom is -0.462 e. The molecule has 200 valence electrons. The van der Waals surface area contributed by atoms with E-state index in [0.717, 1.165) is 47.8 Å². The lowest BCUT2D eigenvalue weighted by Crippen LogP contribution is -2.30. The van der Waals surface area contributed by atoms with Crippen LogP contribution in [0.1, 0.15) is 53.1 Å². The monoisotopic (exact) mass is 551 g/mol. The molecule has 0 saturated carbocycles. The maximum absolute atomic E-state index is 12.9. The largest absolute Gasteiger partial charge is 0.462 e. The van der Waals surface area contributed by atoms with Gasteiger partial charge in [0.25, 0.3) is 0 Å². The molecule has 0 saturated heterocycles. The highest BCUT2D eigenvalue weighted by Crippen LogP contribution is 2.38. The summed E-state index contributed by atoms with van der Waals surface area (Å²) in [5, 5.41) is 6.41. The van der Waals surface area contributed by atoms with Gasteiger partial charge in [-0.1, -0.05) is 43.3 Å². The van der Waals surface area contributed by atoms with Crippen LogP contribution in [0.25, 0.3) is 0 Å². The Labute approximate surface area is 232 Å². The van der Waals surface area contributed by atoms with Crippen LogP contribution in [0.2, 0.25) is 0 Å². The first kappa shape index (κ1) is 27.9. The lowest BCUT2D eigenvalue weighted by Gasteiger charge is -2.27. The Hall–Kier alpha value is -3.14. The van der Waals surface area contributed by atoms with Gasteiger partial charge in [0.15, 0.2) is 0 Å². The van der Waals surface area contributed by atoms with Crippen LogP contribution in [0.15, 0.2) is 59.5 Å². The van der Waals surface area contributed by atoms with Gasteiger partial charge in [0, 0.05) is 41.5 Å². The molecule has 0 radical (unpaired) electrons. The number of hydrogen-bond acceptors (Lipinski definition) is 7. The van der Waals surface area contributed by atoms with Crippen molar-refractivity contribution in [2.24, 2.45) is 0 Å². The van der Waals surface area contributed by atoms with Crippen molar-refractivity contribution in [2.45, 2.75) is 51.1 Å². The molecule has 2 heterocycles.